The first-order valence-electron chi connectivity index (χ1n) is 8.40. The summed E-state index contributed by atoms with van der Waals surface area (Å²) in [4.78, 5) is 20.3. The highest BCUT2D eigenvalue weighted by Crippen LogP contribution is 2.30. The SMILES string of the molecule is N#Cc1nc(-c2cccc(Cl)c2)oc1N1CCN(C(=O)c2ccco2)CC1. The number of nitrogens with zero attached hydrogens (tertiary/aromatic N) is 4. The molecule has 27 heavy (non-hydrogen) atoms. The van der Waals surface area contributed by atoms with Crippen LogP contribution in [-0.2, 0) is 0 Å². The van der Waals surface area contributed by atoms with Crippen molar-refractivity contribution >= 4 is 23.4 Å². The lowest BCUT2D eigenvalue weighted by atomic mass is 10.2. The molecule has 0 unspecified atom stereocenters. The molecule has 1 aliphatic rings. The lowest BCUT2D eigenvalue weighted by Gasteiger charge is -2.34. The number of rotatable bonds is 3. The Kier molecular flexibility index (Phi) is 4.57. The van der Waals surface area contributed by atoms with E-state index in [1.165, 1.54) is 6.26 Å². The van der Waals surface area contributed by atoms with E-state index in [-0.39, 0.29) is 11.6 Å². The van der Waals surface area contributed by atoms with Crippen LogP contribution in [0.25, 0.3) is 11.5 Å². The van der Waals surface area contributed by atoms with Crippen molar-refractivity contribution in [2.75, 3.05) is 31.1 Å². The van der Waals surface area contributed by atoms with Gasteiger partial charge in [-0.2, -0.15) is 10.2 Å². The Bertz CT molecular complexity index is 998. The number of halogens is 1. The Morgan fingerprint density at radius 3 is 2.67 bits per heavy atom. The predicted octanol–water partition coefficient (Wildman–Crippen LogP) is 3.42. The van der Waals surface area contributed by atoms with Crippen LogP contribution in [0.1, 0.15) is 16.2 Å². The van der Waals surface area contributed by atoms with Crippen LogP contribution in [0.4, 0.5) is 5.88 Å². The van der Waals surface area contributed by atoms with Gasteiger partial charge in [-0.1, -0.05) is 17.7 Å². The molecule has 0 radical (unpaired) electrons. The molecule has 3 aromatic rings. The molecule has 136 valence electrons. The van der Waals surface area contributed by atoms with E-state index in [0.717, 1.165) is 0 Å². The summed E-state index contributed by atoms with van der Waals surface area (Å²) in [5, 5.41) is 9.99. The first kappa shape index (κ1) is 17.2. The highest BCUT2D eigenvalue weighted by atomic mass is 35.5. The number of hydrogen-bond acceptors (Lipinski definition) is 6. The van der Waals surface area contributed by atoms with E-state index in [1.807, 2.05) is 11.0 Å². The standard InChI is InChI=1S/C19H15ClN4O3/c20-14-4-1-3-13(11-14)17-22-15(12-21)19(27-17)24-8-6-23(7-9-24)18(25)16-5-2-10-26-16/h1-5,10-11H,6-9H2. The highest BCUT2D eigenvalue weighted by Gasteiger charge is 2.27. The zero-order chi connectivity index (χ0) is 18.8. The molecule has 1 fully saturated rings. The molecule has 4 rings (SSSR count). The second-order valence-corrected chi connectivity index (χ2v) is 6.49. The Morgan fingerprint density at radius 2 is 2.00 bits per heavy atom. The summed E-state index contributed by atoms with van der Waals surface area (Å²) in [5.41, 5.74) is 0.924. The maximum atomic E-state index is 12.4. The van der Waals surface area contributed by atoms with Crippen molar-refractivity contribution in [1.29, 1.82) is 5.26 Å². The number of carbonyl (C=O) groups is 1. The number of furan rings is 1. The summed E-state index contributed by atoms with van der Waals surface area (Å²) in [5.74, 6) is 0.942. The van der Waals surface area contributed by atoms with E-state index in [9.17, 15) is 10.1 Å². The molecule has 0 saturated carbocycles. The normalized spacial score (nSPS) is 14.2. The van der Waals surface area contributed by atoms with E-state index >= 15 is 0 Å². The number of aromatic nitrogens is 1. The third kappa shape index (κ3) is 3.39. The number of piperazine rings is 1. The summed E-state index contributed by atoms with van der Waals surface area (Å²) in [7, 11) is 0. The fourth-order valence-corrected chi connectivity index (χ4v) is 3.20. The average molecular weight is 383 g/mol. The second-order valence-electron chi connectivity index (χ2n) is 6.05. The molecule has 2 aromatic heterocycles. The van der Waals surface area contributed by atoms with Crippen LogP contribution in [0.15, 0.2) is 51.5 Å². The number of oxazole rings is 1. The van der Waals surface area contributed by atoms with Gasteiger partial charge in [-0.15, -0.1) is 0 Å². The molecule has 3 heterocycles. The molecule has 1 aromatic carbocycles. The molecule has 1 aliphatic heterocycles. The average Bonchev–Trinajstić information content (AvgIpc) is 3.37. The molecule has 8 heteroatoms. The van der Waals surface area contributed by atoms with Gasteiger partial charge in [0, 0.05) is 36.8 Å². The number of amides is 1. The van der Waals surface area contributed by atoms with E-state index in [4.69, 9.17) is 20.4 Å². The van der Waals surface area contributed by atoms with Crippen LogP contribution >= 0.6 is 11.6 Å². The highest BCUT2D eigenvalue weighted by molar-refractivity contribution is 6.30. The van der Waals surface area contributed by atoms with E-state index < -0.39 is 0 Å². The smallest absolute Gasteiger partial charge is 0.289 e. The van der Waals surface area contributed by atoms with Gasteiger partial charge in [0.1, 0.15) is 6.07 Å². The lowest BCUT2D eigenvalue weighted by Crippen LogP contribution is -2.48. The van der Waals surface area contributed by atoms with Crippen molar-refractivity contribution in [2.45, 2.75) is 0 Å². The van der Waals surface area contributed by atoms with Gasteiger partial charge in [0.2, 0.25) is 17.5 Å². The molecule has 0 atom stereocenters. The number of anilines is 1. The zero-order valence-electron chi connectivity index (χ0n) is 14.3. The zero-order valence-corrected chi connectivity index (χ0v) is 15.0. The molecular formula is C19H15ClN4O3. The summed E-state index contributed by atoms with van der Waals surface area (Å²) >= 11 is 6.02. The van der Waals surface area contributed by atoms with Gasteiger partial charge in [-0.3, -0.25) is 4.79 Å². The maximum absolute atomic E-state index is 12.4. The monoisotopic (exact) mass is 382 g/mol. The van der Waals surface area contributed by atoms with E-state index in [0.29, 0.717) is 54.3 Å². The van der Waals surface area contributed by atoms with Gasteiger partial charge in [0.25, 0.3) is 5.91 Å². The maximum Gasteiger partial charge on any atom is 0.289 e. The summed E-state index contributed by atoms with van der Waals surface area (Å²) in [6, 6.07) is 12.5. The van der Waals surface area contributed by atoms with E-state index in [2.05, 4.69) is 11.1 Å². The molecule has 7 nitrogen and oxygen atoms in total. The molecular weight excluding hydrogens is 368 g/mol. The first-order chi connectivity index (χ1) is 13.2. The van der Waals surface area contributed by atoms with E-state index in [1.54, 1.807) is 35.2 Å². The fourth-order valence-electron chi connectivity index (χ4n) is 3.01. The van der Waals surface area contributed by atoms with Crippen LogP contribution in [0, 0.1) is 11.3 Å². The van der Waals surface area contributed by atoms with Crippen molar-refractivity contribution in [3.63, 3.8) is 0 Å². The van der Waals surface area contributed by atoms with Gasteiger partial charge in [0.05, 0.1) is 6.26 Å². The van der Waals surface area contributed by atoms with Gasteiger partial charge >= 0.3 is 0 Å². The van der Waals surface area contributed by atoms with Crippen molar-refractivity contribution in [3.8, 4) is 17.5 Å². The van der Waals surface area contributed by atoms with Crippen LogP contribution in [0.5, 0.6) is 0 Å². The third-order valence-electron chi connectivity index (χ3n) is 4.37. The van der Waals surface area contributed by atoms with Crippen LogP contribution in [-0.4, -0.2) is 42.0 Å². The minimum Gasteiger partial charge on any atom is -0.459 e. The number of hydrogen-bond donors (Lipinski definition) is 0. The number of benzene rings is 1. The first-order valence-corrected chi connectivity index (χ1v) is 8.78. The lowest BCUT2D eigenvalue weighted by molar-refractivity contribution is 0.0713. The topological polar surface area (TPSA) is 86.5 Å². The number of nitriles is 1. The molecule has 1 saturated heterocycles. The molecule has 0 N–H and O–H groups in total. The van der Waals surface area contributed by atoms with Gasteiger partial charge in [-0.05, 0) is 30.3 Å². The molecule has 0 aliphatic carbocycles. The van der Waals surface area contributed by atoms with Crippen LogP contribution in [0.2, 0.25) is 5.02 Å². The molecule has 0 bridgehead atoms. The van der Waals surface area contributed by atoms with Crippen molar-refractivity contribution in [3.05, 3.63) is 59.1 Å². The Hall–Kier alpha value is -3.24. The second kappa shape index (κ2) is 7.17. The summed E-state index contributed by atoms with van der Waals surface area (Å²) in [6.07, 6.45) is 1.48. The summed E-state index contributed by atoms with van der Waals surface area (Å²) < 4.78 is 11.0. The van der Waals surface area contributed by atoms with Crippen LogP contribution < -0.4 is 4.90 Å². The minimum atomic E-state index is -0.141. The minimum absolute atomic E-state index is 0.141. The Balaban J connectivity index is 1.51. The Morgan fingerprint density at radius 1 is 1.19 bits per heavy atom. The third-order valence-corrected chi connectivity index (χ3v) is 4.61. The van der Waals surface area contributed by atoms with Crippen molar-refractivity contribution in [1.82, 2.24) is 9.88 Å². The fraction of sp³-hybridized carbons (Fsp3) is 0.211. The van der Waals surface area contributed by atoms with Crippen molar-refractivity contribution in [2.24, 2.45) is 0 Å². The van der Waals surface area contributed by atoms with Gasteiger partial charge < -0.3 is 18.6 Å². The van der Waals surface area contributed by atoms with Gasteiger partial charge in [0.15, 0.2) is 5.76 Å². The van der Waals surface area contributed by atoms with Crippen molar-refractivity contribution < 1.29 is 13.6 Å². The Labute approximate surface area is 160 Å². The quantitative estimate of drug-likeness (QED) is 0.689. The largest absolute Gasteiger partial charge is 0.459 e. The molecule has 0 spiro atoms. The summed E-state index contributed by atoms with van der Waals surface area (Å²) in [6.45, 7) is 2.06. The molecule has 1 amide bonds. The van der Waals surface area contributed by atoms with Gasteiger partial charge in [-0.25, -0.2) is 0 Å². The number of carbonyl (C=O) groups excluding carboxylic acids is 1. The van der Waals surface area contributed by atoms with Crippen LogP contribution in [0.3, 0.4) is 0 Å². The predicted molar refractivity (Wildman–Crippen MR) is 98.5 cm³/mol.